The van der Waals surface area contributed by atoms with Crippen LogP contribution in [0.25, 0.3) is 10.4 Å². The van der Waals surface area contributed by atoms with E-state index >= 15 is 0 Å². The molecular formula is C20H22N4O2. The predicted octanol–water partition coefficient (Wildman–Crippen LogP) is 4.19. The van der Waals surface area contributed by atoms with Crippen molar-refractivity contribution < 1.29 is 9.53 Å². The van der Waals surface area contributed by atoms with Crippen LogP contribution in [0.3, 0.4) is 0 Å². The van der Waals surface area contributed by atoms with Crippen LogP contribution < -0.4 is 0 Å². The first-order chi connectivity index (χ1) is 12.6. The van der Waals surface area contributed by atoms with Gasteiger partial charge in [0.25, 0.3) is 0 Å². The highest BCUT2D eigenvalue weighted by Crippen LogP contribution is 2.30. The number of carbonyl (C=O) groups is 1. The number of benzene rings is 2. The lowest BCUT2D eigenvalue weighted by atomic mass is 9.87. The Morgan fingerprint density at radius 3 is 2.54 bits per heavy atom. The Morgan fingerprint density at radius 2 is 1.88 bits per heavy atom. The Morgan fingerprint density at radius 1 is 1.23 bits per heavy atom. The highest BCUT2D eigenvalue weighted by Gasteiger charge is 2.41. The lowest BCUT2D eigenvalue weighted by Gasteiger charge is -2.42. The molecule has 0 spiro atoms. The van der Waals surface area contributed by atoms with Crippen LogP contribution in [0, 0.1) is 0 Å². The first-order valence-electron chi connectivity index (χ1n) is 8.69. The molecule has 3 rings (SSSR count). The average Bonchev–Trinajstić information content (AvgIpc) is 2.66. The van der Waals surface area contributed by atoms with Crippen molar-refractivity contribution >= 4 is 5.97 Å². The zero-order valence-electron chi connectivity index (χ0n) is 14.8. The topological polar surface area (TPSA) is 78.3 Å². The summed E-state index contributed by atoms with van der Waals surface area (Å²) in [6, 6.07) is 19.0. The summed E-state index contributed by atoms with van der Waals surface area (Å²) in [4.78, 5) is 17.7. The van der Waals surface area contributed by atoms with Gasteiger partial charge in [0.05, 0.1) is 11.1 Å². The van der Waals surface area contributed by atoms with Gasteiger partial charge in [0.15, 0.2) is 0 Å². The van der Waals surface area contributed by atoms with E-state index in [1.54, 1.807) is 24.3 Å². The molecule has 0 amide bonds. The summed E-state index contributed by atoms with van der Waals surface area (Å²) in [5.41, 5.74) is 9.91. The Hall–Kier alpha value is -2.82. The second kappa shape index (κ2) is 8.04. The van der Waals surface area contributed by atoms with Crippen molar-refractivity contribution in [3.05, 3.63) is 82.2 Å². The van der Waals surface area contributed by atoms with E-state index in [-0.39, 0.29) is 0 Å². The van der Waals surface area contributed by atoms with Crippen LogP contribution >= 0.6 is 0 Å². The molecule has 0 N–H and O–H groups in total. The van der Waals surface area contributed by atoms with Crippen molar-refractivity contribution in [3.8, 4) is 0 Å². The van der Waals surface area contributed by atoms with Crippen molar-refractivity contribution in [1.82, 2.24) is 4.90 Å². The molecule has 6 heteroatoms. The van der Waals surface area contributed by atoms with Gasteiger partial charge >= 0.3 is 5.97 Å². The minimum absolute atomic E-state index is 0.392. The van der Waals surface area contributed by atoms with Crippen LogP contribution in [-0.4, -0.2) is 35.6 Å². The molecule has 1 fully saturated rings. The monoisotopic (exact) mass is 350 g/mol. The third-order valence-electron chi connectivity index (χ3n) is 4.83. The van der Waals surface area contributed by atoms with E-state index in [0.29, 0.717) is 18.5 Å². The number of rotatable bonds is 5. The molecule has 1 saturated heterocycles. The SMILES string of the molecule is C[C@]1(N=[N+]=[N-])CCN(Cc2ccccc2)C[C@H]1OC(=O)c1ccccc1. The zero-order valence-corrected chi connectivity index (χ0v) is 14.8. The van der Waals surface area contributed by atoms with E-state index in [2.05, 4.69) is 27.1 Å². The van der Waals surface area contributed by atoms with Gasteiger partial charge in [0.2, 0.25) is 0 Å². The molecule has 26 heavy (non-hydrogen) atoms. The fraction of sp³-hybridized carbons (Fsp3) is 0.350. The Bertz CT molecular complexity index is 790. The molecule has 0 aromatic heterocycles. The Labute approximate surface area is 153 Å². The van der Waals surface area contributed by atoms with Gasteiger partial charge in [-0.25, -0.2) is 4.79 Å². The summed E-state index contributed by atoms with van der Waals surface area (Å²) in [5, 5.41) is 3.96. The van der Waals surface area contributed by atoms with Crippen LogP contribution in [0.15, 0.2) is 65.8 Å². The number of nitrogens with zero attached hydrogens (tertiary/aromatic N) is 4. The molecule has 0 aliphatic carbocycles. The molecule has 1 aliphatic heterocycles. The number of hydrogen-bond donors (Lipinski definition) is 0. The summed E-state index contributed by atoms with van der Waals surface area (Å²) in [6.45, 7) is 3.94. The van der Waals surface area contributed by atoms with Crippen molar-refractivity contribution in [2.45, 2.75) is 31.5 Å². The standard InChI is InChI=1S/C20H22N4O2/c1-20(22-23-21)12-13-24(14-16-8-4-2-5-9-16)15-18(20)26-19(25)17-10-6-3-7-11-17/h2-11,18H,12-15H2,1H3/t18-,20+/m1/s1. The molecule has 1 aliphatic rings. The van der Waals surface area contributed by atoms with Crippen molar-refractivity contribution in [2.75, 3.05) is 13.1 Å². The van der Waals surface area contributed by atoms with Crippen LogP contribution in [-0.2, 0) is 11.3 Å². The van der Waals surface area contributed by atoms with Crippen LogP contribution in [0.4, 0.5) is 0 Å². The molecule has 1 heterocycles. The maximum atomic E-state index is 12.5. The molecule has 0 unspecified atom stereocenters. The van der Waals surface area contributed by atoms with Gasteiger partial charge in [-0.3, -0.25) is 4.90 Å². The Balaban J connectivity index is 1.75. The highest BCUT2D eigenvalue weighted by molar-refractivity contribution is 5.89. The van der Waals surface area contributed by atoms with Crippen LogP contribution in [0.1, 0.15) is 29.3 Å². The maximum absolute atomic E-state index is 12.5. The fourth-order valence-electron chi connectivity index (χ4n) is 3.21. The number of likely N-dealkylation sites (tertiary alicyclic amines) is 1. The van der Waals surface area contributed by atoms with Crippen LogP contribution in [0.5, 0.6) is 0 Å². The first-order valence-corrected chi connectivity index (χ1v) is 8.69. The molecular weight excluding hydrogens is 328 g/mol. The number of hydrogen-bond acceptors (Lipinski definition) is 4. The third-order valence-corrected chi connectivity index (χ3v) is 4.83. The van der Waals surface area contributed by atoms with E-state index in [1.807, 2.05) is 31.2 Å². The van der Waals surface area contributed by atoms with Crippen molar-refractivity contribution in [3.63, 3.8) is 0 Å². The van der Waals surface area contributed by atoms with E-state index in [0.717, 1.165) is 13.1 Å². The van der Waals surface area contributed by atoms with Crippen molar-refractivity contribution in [1.29, 1.82) is 0 Å². The summed E-state index contributed by atoms with van der Waals surface area (Å²) in [6.07, 6.45) is 0.139. The number of piperidine rings is 1. The predicted molar refractivity (Wildman–Crippen MR) is 99.5 cm³/mol. The first kappa shape index (κ1) is 18.0. The zero-order chi connectivity index (χ0) is 18.4. The fourth-order valence-corrected chi connectivity index (χ4v) is 3.21. The van der Waals surface area contributed by atoms with E-state index < -0.39 is 17.6 Å². The molecule has 0 bridgehead atoms. The molecule has 0 radical (unpaired) electrons. The second-order valence-electron chi connectivity index (χ2n) is 6.78. The van der Waals surface area contributed by atoms with Gasteiger partial charge in [-0.15, -0.1) is 0 Å². The second-order valence-corrected chi connectivity index (χ2v) is 6.78. The number of ether oxygens (including phenoxy) is 1. The van der Waals surface area contributed by atoms with Gasteiger partial charge in [-0.05, 0) is 36.2 Å². The molecule has 2 atom stereocenters. The molecule has 134 valence electrons. The minimum atomic E-state index is -0.744. The molecule has 2 aromatic carbocycles. The number of esters is 1. The largest absolute Gasteiger partial charge is 0.457 e. The maximum Gasteiger partial charge on any atom is 0.338 e. The van der Waals surface area contributed by atoms with Crippen molar-refractivity contribution in [2.24, 2.45) is 5.11 Å². The van der Waals surface area contributed by atoms with E-state index in [9.17, 15) is 4.79 Å². The van der Waals surface area contributed by atoms with Gasteiger partial charge < -0.3 is 4.74 Å². The van der Waals surface area contributed by atoms with Crippen LogP contribution in [0.2, 0.25) is 0 Å². The highest BCUT2D eigenvalue weighted by atomic mass is 16.5. The summed E-state index contributed by atoms with van der Waals surface area (Å²) < 4.78 is 5.77. The van der Waals surface area contributed by atoms with E-state index in [4.69, 9.17) is 10.3 Å². The normalized spacial score (nSPS) is 23.0. The lowest BCUT2D eigenvalue weighted by Crippen LogP contribution is -2.54. The lowest BCUT2D eigenvalue weighted by molar-refractivity contribution is -0.0254. The van der Waals surface area contributed by atoms with Gasteiger partial charge in [-0.2, -0.15) is 0 Å². The summed E-state index contributed by atoms with van der Waals surface area (Å²) >= 11 is 0. The smallest absolute Gasteiger partial charge is 0.338 e. The molecule has 0 saturated carbocycles. The molecule has 2 aromatic rings. The number of carbonyl (C=O) groups excluding carboxylic acids is 1. The van der Waals surface area contributed by atoms with E-state index in [1.165, 1.54) is 5.56 Å². The minimum Gasteiger partial charge on any atom is -0.457 e. The summed E-state index contributed by atoms with van der Waals surface area (Å²) in [7, 11) is 0. The van der Waals surface area contributed by atoms with Gasteiger partial charge in [0.1, 0.15) is 6.10 Å². The van der Waals surface area contributed by atoms with Gasteiger partial charge in [0, 0.05) is 18.0 Å². The average molecular weight is 350 g/mol. The number of azide groups is 1. The van der Waals surface area contributed by atoms with Gasteiger partial charge in [-0.1, -0.05) is 60.6 Å². The summed E-state index contributed by atoms with van der Waals surface area (Å²) in [5.74, 6) is -0.392. The molecule has 6 nitrogen and oxygen atoms in total. The quantitative estimate of drug-likeness (QED) is 0.351. The Kier molecular flexibility index (Phi) is 5.56. The third kappa shape index (κ3) is 4.23.